The van der Waals surface area contributed by atoms with E-state index in [0.717, 1.165) is 34.9 Å². The lowest BCUT2D eigenvalue weighted by molar-refractivity contribution is 0.204. The first kappa shape index (κ1) is 23.4. The average molecular weight is 470 g/mol. The Balaban J connectivity index is 1.69. The van der Waals surface area contributed by atoms with Gasteiger partial charge < -0.3 is 19.3 Å². The molecule has 1 saturated carbocycles. The third-order valence-electron chi connectivity index (χ3n) is 6.08. The number of ether oxygens (including phenoxy) is 3. The maximum Gasteiger partial charge on any atom is 0.203 e. The van der Waals surface area contributed by atoms with Crippen molar-refractivity contribution in [3.63, 3.8) is 0 Å². The van der Waals surface area contributed by atoms with Crippen LogP contribution in [0.1, 0.15) is 49.8 Å². The highest BCUT2D eigenvalue weighted by molar-refractivity contribution is 7.99. The molecule has 0 radical (unpaired) electrons. The smallest absolute Gasteiger partial charge is 0.203 e. The van der Waals surface area contributed by atoms with Crippen LogP contribution in [-0.4, -0.2) is 47.0 Å². The lowest BCUT2D eigenvalue weighted by atomic mass is 9.95. The minimum absolute atomic E-state index is 0.319. The average Bonchev–Trinajstić information content (AvgIpc) is 3.31. The normalized spacial score (nSPS) is 15.3. The number of aromatic nitrogens is 3. The van der Waals surface area contributed by atoms with Crippen LogP contribution in [0.25, 0.3) is 11.4 Å². The van der Waals surface area contributed by atoms with Crippen LogP contribution in [0.3, 0.4) is 0 Å². The fourth-order valence-electron chi connectivity index (χ4n) is 4.38. The van der Waals surface area contributed by atoms with Gasteiger partial charge in [0, 0.05) is 17.4 Å². The molecule has 4 rings (SSSR count). The van der Waals surface area contributed by atoms with Crippen LogP contribution < -0.4 is 14.2 Å². The van der Waals surface area contributed by atoms with Gasteiger partial charge in [-0.25, -0.2) is 0 Å². The van der Waals surface area contributed by atoms with Crippen molar-refractivity contribution in [3.05, 3.63) is 48.0 Å². The van der Waals surface area contributed by atoms with Crippen molar-refractivity contribution in [2.75, 3.05) is 27.1 Å². The highest BCUT2D eigenvalue weighted by atomic mass is 32.2. The summed E-state index contributed by atoms with van der Waals surface area (Å²) in [7, 11) is 4.82. The Bertz CT molecular complexity index is 1030. The van der Waals surface area contributed by atoms with Crippen LogP contribution in [0.5, 0.6) is 17.2 Å². The Morgan fingerprint density at radius 2 is 1.64 bits per heavy atom. The number of hydrogen-bond acceptors (Lipinski definition) is 7. The molecule has 0 bridgehead atoms. The summed E-state index contributed by atoms with van der Waals surface area (Å²) in [6.07, 6.45) is 5.24. The maximum absolute atomic E-state index is 10.7. The van der Waals surface area contributed by atoms with Crippen molar-refractivity contribution in [2.45, 2.75) is 49.4 Å². The summed E-state index contributed by atoms with van der Waals surface area (Å²) < 4.78 is 18.8. The Morgan fingerprint density at radius 3 is 2.24 bits per heavy atom. The first-order valence-electron chi connectivity index (χ1n) is 11.3. The second kappa shape index (κ2) is 10.9. The van der Waals surface area contributed by atoms with Gasteiger partial charge in [-0.1, -0.05) is 61.4 Å². The van der Waals surface area contributed by atoms with Gasteiger partial charge in [0.05, 0.1) is 27.4 Å². The predicted molar refractivity (Wildman–Crippen MR) is 129 cm³/mol. The van der Waals surface area contributed by atoms with E-state index in [1.165, 1.54) is 31.0 Å². The molecule has 1 aliphatic carbocycles. The van der Waals surface area contributed by atoms with E-state index in [1.54, 1.807) is 21.3 Å². The molecule has 7 nitrogen and oxygen atoms in total. The van der Waals surface area contributed by atoms with E-state index in [4.69, 9.17) is 14.2 Å². The molecule has 1 unspecified atom stereocenters. The molecule has 1 aliphatic rings. The van der Waals surface area contributed by atoms with Crippen molar-refractivity contribution in [3.8, 4) is 28.6 Å². The standard InChI is InChI=1S/C25H31N3O4S/c1-30-21-14-18(15-22(31-2)23(21)32-3)24-26-27-25(28(24)19-12-8-5-9-13-19)33-16-20(29)17-10-6-4-7-11-17/h4,6-7,10-11,14-15,19-20,29H,5,8-9,12-13,16H2,1-3H3. The van der Waals surface area contributed by atoms with Gasteiger partial charge in [-0.05, 0) is 30.5 Å². The van der Waals surface area contributed by atoms with E-state index in [2.05, 4.69) is 14.8 Å². The van der Waals surface area contributed by atoms with Crippen molar-refractivity contribution < 1.29 is 19.3 Å². The van der Waals surface area contributed by atoms with Gasteiger partial charge in [-0.15, -0.1) is 10.2 Å². The lowest BCUT2D eigenvalue weighted by Crippen LogP contribution is -2.15. The van der Waals surface area contributed by atoms with Crippen molar-refractivity contribution >= 4 is 11.8 Å². The van der Waals surface area contributed by atoms with Gasteiger partial charge in [0.15, 0.2) is 22.5 Å². The highest BCUT2D eigenvalue weighted by Crippen LogP contribution is 2.43. The summed E-state index contributed by atoms with van der Waals surface area (Å²) in [4.78, 5) is 0. The van der Waals surface area contributed by atoms with Crippen LogP contribution >= 0.6 is 11.8 Å². The molecule has 33 heavy (non-hydrogen) atoms. The molecule has 1 heterocycles. The molecule has 1 fully saturated rings. The first-order chi connectivity index (χ1) is 16.2. The van der Waals surface area contributed by atoms with Gasteiger partial charge in [-0.2, -0.15) is 0 Å². The number of aliphatic hydroxyl groups excluding tert-OH is 1. The third-order valence-corrected chi connectivity index (χ3v) is 7.10. The molecule has 1 aromatic heterocycles. The van der Waals surface area contributed by atoms with Crippen LogP contribution in [0, 0.1) is 0 Å². The van der Waals surface area contributed by atoms with E-state index >= 15 is 0 Å². The summed E-state index contributed by atoms with van der Waals surface area (Å²) in [6.45, 7) is 0. The Hall–Kier alpha value is -2.71. The maximum atomic E-state index is 10.7. The molecule has 0 aliphatic heterocycles. The topological polar surface area (TPSA) is 78.6 Å². The molecule has 1 N–H and O–H groups in total. The summed E-state index contributed by atoms with van der Waals surface area (Å²) in [5.74, 6) is 2.99. The zero-order valence-corrected chi connectivity index (χ0v) is 20.2. The molecular formula is C25H31N3O4S. The summed E-state index contributed by atoms with van der Waals surface area (Å²) in [5.41, 5.74) is 1.76. The molecule has 2 aromatic carbocycles. The SMILES string of the molecule is COc1cc(-c2nnc(SCC(O)c3ccccc3)n2C2CCCCC2)cc(OC)c1OC. The molecule has 0 spiro atoms. The molecule has 0 saturated heterocycles. The monoisotopic (exact) mass is 469 g/mol. The van der Waals surface area contributed by atoms with Crippen molar-refractivity contribution in [1.29, 1.82) is 0 Å². The Morgan fingerprint density at radius 1 is 0.970 bits per heavy atom. The fraction of sp³-hybridized carbons (Fsp3) is 0.440. The zero-order chi connectivity index (χ0) is 23.2. The summed E-state index contributed by atoms with van der Waals surface area (Å²) in [6, 6.07) is 13.9. The number of methoxy groups -OCH3 is 3. The Labute approximate surface area is 199 Å². The Kier molecular flexibility index (Phi) is 7.77. The minimum atomic E-state index is -0.572. The summed E-state index contributed by atoms with van der Waals surface area (Å²) in [5, 5.41) is 20.6. The van der Waals surface area contributed by atoms with E-state index in [1.807, 2.05) is 42.5 Å². The van der Waals surface area contributed by atoms with Crippen molar-refractivity contribution in [2.24, 2.45) is 0 Å². The van der Waals surface area contributed by atoms with E-state index in [-0.39, 0.29) is 0 Å². The number of hydrogen-bond donors (Lipinski definition) is 1. The molecule has 1 atom stereocenters. The van der Waals surface area contributed by atoms with Crippen LogP contribution in [-0.2, 0) is 0 Å². The van der Waals surface area contributed by atoms with Gasteiger partial charge in [-0.3, -0.25) is 4.57 Å². The van der Waals surface area contributed by atoms with Crippen molar-refractivity contribution in [1.82, 2.24) is 14.8 Å². The van der Waals surface area contributed by atoms with E-state index < -0.39 is 6.10 Å². The first-order valence-corrected chi connectivity index (χ1v) is 12.3. The largest absolute Gasteiger partial charge is 0.493 e. The fourth-order valence-corrected chi connectivity index (χ4v) is 5.35. The second-order valence-corrected chi connectivity index (χ2v) is 9.11. The number of aliphatic hydroxyl groups is 1. The van der Waals surface area contributed by atoms with Crippen LogP contribution in [0.2, 0.25) is 0 Å². The van der Waals surface area contributed by atoms with Gasteiger partial charge in [0.1, 0.15) is 0 Å². The second-order valence-electron chi connectivity index (χ2n) is 8.12. The minimum Gasteiger partial charge on any atom is -0.493 e. The predicted octanol–water partition coefficient (Wildman–Crippen LogP) is 5.30. The number of benzene rings is 2. The van der Waals surface area contributed by atoms with Crippen LogP contribution in [0.4, 0.5) is 0 Å². The molecule has 176 valence electrons. The number of nitrogens with zero attached hydrogens (tertiary/aromatic N) is 3. The van der Waals surface area contributed by atoms with Gasteiger partial charge >= 0.3 is 0 Å². The molecular weight excluding hydrogens is 438 g/mol. The number of rotatable bonds is 9. The number of thioether (sulfide) groups is 1. The quantitative estimate of drug-likeness (QED) is 0.426. The molecule has 8 heteroatoms. The van der Waals surface area contributed by atoms with E-state index in [0.29, 0.717) is 29.0 Å². The third kappa shape index (κ3) is 5.12. The molecule has 0 amide bonds. The molecule has 3 aromatic rings. The van der Waals surface area contributed by atoms with Gasteiger partial charge in [0.2, 0.25) is 5.75 Å². The van der Waals surface area contributed by atoms with E-state index in [9.17, 15) is 5.11 Å². The lowest BCUT2D eigenvalue weighted by Gasteiger charge is -2.26. The zero-order valence-electron chi connectivity index (χ0n) is 19.4. The highest BCUT2D eigenvalue weighted by Gasteiger charge is 2.26. The van der Waals surface area contributed by atoms with Crippen LogP contribution in [0.15, 0.2) is 47.6 Å². The summed E-state index contributed by atoms with van der Waals surface area (Å²) >= 11 is 1.54. The van der Waals surface area contributed by atoms with Gasteiger partial charge in [0.25, 0.3) is 0 Å².